The Morgan fingerprint density at radius 3 is 2.63 bits per heavy atom. The van der Waals surface area contributed by atoms with E-state index in [1.807, 2.05) is 6.92 Å². The zero-order chi connectivity index (χ0) is 13.7. The molecule has 0 bridgehead atoms. The zero-order valence-corrected chi connectivity index (χ0v) is 12.7. The first-order valence-corrected chi connectivity index (χ1v) is 8.26. The third kappa shape index (κ3) is 3.32. The minimum absolute atomic E-state index is 0.141. The molecule has 2 N–H and O–H groups in total. The second-order valence-electron chi connectivity index (χ2n) is 6.33. The first-order chi connectivity index (χ1) is 9.23. The lowest BCUT2D eigenvalue weighted by Gasteiger charge is -2.58. The van der Waals surface area contributed by atoms with Crippen molar-refractivity contribution >= 4 is 0 Å². The topological polar surface area (TPSA) is 41.5 Å². The molecule has 0 radical (unpaired) electrons. The van der Waals surface area contributed by atoms with Gasteiger partial charge in [0.15, 0.2) is 0 Å². The Balaban J connectivity index is 1.83. The summed E-state index contributed by atoms with van der Waals surface area (Å²) < 4.78 is 5.96. The van der Waals surface area contributed by atoms with Crippen LogP contribution >= 0.6 is 0 Å². The molecule has 2 aliphatic rings. The second kappa shape index (κ2) is 7.05. The number of rotatable bonds is 7. The average molecular weight is 269 g/mol. The molecule has 3 unspecified atom stereocenters. The van der Waals surface area contributed by atoms with Crippen LogP contribution in [0, 0.1) is 5.41 Å². The third-order valence-corrected chi connectivity index (χ3v) is 5.28. The van der Waals surface area contributed by atoms with E-state index in [0.717, 1.165) is 32.4 Å². The molecule has 0 saturated heterocycles. The maximum absolute atomic E-state index is 9.63. The standard InChI is InChI=1S/C16H31NO2/c1-3-13(18)8-11-17-14-12-15(19-4-2)16(14)9-6-5-7-10-16/h13-15,17-18H,3-12H2,1-2H3. The summed E-state index contributed by atoms with van der Waals surface area (Å²) in [6.45, 7) is 5.94. The van der Waals surface area contributed by atoms with Crippen LogP contribution in [0.15, 0.2) is 0 Å². The van der Waals surface area contributed by atoms with Gasteiger partial charge in [-0.3, -0.25) is 0 Å². The fourth-order valence-corrected chi connectivity index (χ4v) is 3.98. The number of hydrogen-bond acceptors (Lipinski definition) is 3. The number of aliphatic hydroxyl groups excluding tert-OH is 1. The Labute approximate surface area is 118 Å². The van der Waals surface area contributed by atoms with E-state index in [2.05, 4.69) is 12.2 Å². The molecule has 0 aliphatic heterocycles. The summed E-state index contributed by atoms with van der Waals surface area (Å²) in [5.41, 5.74) is 0.408. The molecule has 1 spiro atoms. The summed E-state index contributed by atoms with van der Waals surface area (Å²) in [4.78, 5) is 0. The van der Waals surface area contributed by atoms with Crippen LogP contribution in [-0.4, -0.2) is 36.5 Å². The monoisotopic (exact) mass is 269 g/mol. The fraction of sp³-hybridized carbons (Fsp3) is 1.00. The molecule has 3 heteroatoms. The summed E-state index contributed by atoms with van der Waals surface area (Å²) in [5.74, 6) is 0. The van der Waals surface area contributed by atoms with Crippen molar-refractivity contribution < 1.29 is 9.84 Å². The van der Waals surface area contributed by atoms with Gasteiger partial charge in [0.2, 0.25) is 0 Å². The molecule has 112 valence electrons. The van der Waals surface area contributed by atoms with Gasteiger partial charge in [-0.15, -0.1) is 0 Å². The lowest BCUT2D eigenvalue weighted by atomic mass is 9.55. The highest BCUT2D eigenvalue weighted by Gasteiger charge is 2.55. The predicted octanol–water partition coefficient (Wildman–Crippen LogP) is 2.86. The van der Waals surface area contributed by atoms with Gasteiger partial charge < -0.3 is 15.2 Å². The van der Waals surface area contributed by atoms with E-state index >= 15 is 0 Å². The number of aliphatic hydroxyl groups is 1. The second-order valence-corrected chi connectivity index (χ2v) is 6.33. The van der Waals surface area contributed by atoms with Gasteiger partial charge in [-0.05, 0) is 45.6 Å². The lowest BCUT2D eigenvalue weighted by molar-refractivity contribution is -0.150. The molecule has 19 heavy (non-hydrogen) atoms. The van der Waals surface area contributed by atoms with Crippen molar-refractivity contribution in [1.29, 1.82) is 0 Å². The summed E-state index contributed by atoms with van der Waals surface area (Å²) in [6, 6.07) is 0.619. The molecule has 2 fully saturated rings. The average Bonchev–Trinajstić information content (AvgIpc) is 2.46. The van der Waals surface area contributed by atoms with Crippen molar-refractivity contribution in [1.82, 2.24) is 5.32 Å². The minimum atomic E-state index is -0.141. The Morgan fingerprint density at radius 1 is 1.26 bits per heavy atom. The Bertz CT molecular complexity index is 263. The van der Waals surface area contributed by atoms with E-state index < -0.39 is 0 Å². The van der Waals surface area contributed by atoms with E-state index in [4.69, 9.17) is 4.74 Å². The number of nitrogens with one attached hydrogen (secondary N) is 1. The van der Waals surface area contributed by atoms with Gasteiger partial charge >= 0.3 is 0 Å². The maximum Gasteiger partial charge on any atom is 0.0661 e. The molecule has 0 aromatic carbocycles. The van der Waals surface area contributed by atoms with Crippen LogP contribution in [0.1, 0.15) is 65.2 Å². The van der Waals surface area contributed by atoms with Crippen LogP contribution in [-0.2, 0) is 4.74 Å². The SMILES string of the molecule is CCOC1CC(NCCC(O)CC)C12CCCCC2. The summed E-state index contributed by atoms with van der Waals surface area (Å²) >= 11 is 0. The van der Waals surface area contributed by atoms with Gasteiger partial charge in [-0.25, -0.2) is 0 Å². The van der Waals surface area contributed by atoms with Gasteiger partial charge in [0.05, 0.1) is 12.2 Å². The Kier molecular flexibility index (Phi) is 5.67. The largest absolute Gasteiger partial charge is 0.393 e. The molecule has 0 aromatic heterocycles. The molecular formula is C16H31NO2. The van der Waals surface area contributed by atoms with E-state index in [1.165, 1.54) is 32.1 Å². The zero-order valence-electron chi connectivity index (χ0n) is 12.7. The van der Waals surface area contributed by atoms with Crippen LogP contribution in [0.2, 0.25) is 0 Å². The normalized spacial score (nSPS) is 31.1. The highest BCUT2D eigenvalue weighted by Crippen LogP contribution is 2.53. The van der Waals surface area contributed by atoms with Crippen LogP contribution in [0.4, 0.5) is 0 Å². The smallest absolute Gasteiger partial charge is 0.0661 e. The van der Waals surface area contributed by atoms with Gasteiger partial charge in [-0.2, -0.15) is 0 Å². The van der Waals surface area contributed by atoms with Crippen molar-refractivity contribution in [2.24, 2.45) is 5.41 Å². The van der Waals surface area contributed by atoms with Crippen LogP contribution in [0.3, 0.4) is 0 Å². The van der Waals surface area contributed by atoms with Crippen molar-refractivity contribution in [3.63, 3.8) is 0 Å². The van der Waals surface area contributed by atoms with Crippen LogP contribution in [0.5, 0.6) is 0 Å². The van der Waals surface area contributed by atoms with Gasteiger partial charge in [0.25, 0.3) is 0 Å². The molecule has 2 rings (SSSR count). The molecule has 2 saturated carbocycles. The molecule has 0 aromatic rings. The van der Waals surface area contributed by atoms with Crippen molar-refractivity contribution in [2.45, 2.75) is 83.5 Å². The molecule has 3 atom stereocenters. The molecule has 0 heterocycles. The Morgan fingerprint density at radius 2 is 2.00 bits per heavy atom. The summed E-state index contributed by atoms with van der Waals surface area (Å²) in [7, 11) is 0. The molecular weight excluding hydrogens is 238 g/mol. The summed E-state index contributed by atoms with van der Waals surface area (Å²) in [6.07, 6.45) is 10.00. The van der Waals surface area contributed by atoms with Gasteiger partial charge in [0.1, 0.15) is 0 Å². The van der Waals surface area contributed by atoms with Crippen LogP contribution in [0.25, 0.3) is 0 Å². The molecule has 0 amide bonds. The highest BCUT2D eigenvalue weighted by atomic mass is 16.5. The van der Waals surface area contributed by atoms with E-state index in [1.54, 1.807) is 0 Å². The predicted molar refractivity (Wildman–Crippen MR) is 78.3 cm³/mol. The van der Waals surface area contributed by atoms with Crippen molar-refractivity contribution in [3.05, 3.63) is 0 Å². The molecule has 2 aliphatic carbocycles. The third-order valence-electron chi connectivity index (χ3n) is 5.28. The van der Waals surface area contributed by atoms with Crippen molar-refractivity contribution in [3.8, 4) is 0 Å². The van der Waals surface area contributed by atoms with E-state index in [0.29, 0.717) is 17.6 Å². The fourth-order valence-electron chi connectivity index (χ4n) is 3.98. The summed E-state index contributed by atoms with van der Waals surface area (Å²) in [5, 5.41) is 13.3. The first kappa shape index (κ1) is 15.3. The van der Waals surface area contributed by atoms with Gasteiger partial charge in [-0.1, -0.05) is 26.2 Å². The van der Waals surface area contributed by atoms with E-state index in [9.17, 15) is 5.11 Å². The highest BCUT2D eigenvalue weighted by molar-refractivity contribution is 5.08. The molecule has 3 nitrogen and oxygen atoms in total. The lowest BCUT2D eigenvalue weighted by Crippen LogP contribution is -2.64. The minimum Gasteiger partial charge on any atom is -0.393 e. The van der Waals surface area contributed by atoms with Crippen molar-refractivity contribution in [2.75, 3.05) is 13.2 Å². The number of ether oxygens (including phenoxy) is 1. The van der Waals surface area contributed by atoms with E-state index in [-0.39, 0.29) is 6.10 Å². The quantitative estimate of drug-likeness (QED) is 0.747. The van der Waals surface area contributed by atoms with Crippen LogP contribution < -0.4 is 5.32 Å². The maximum atomic E-state index is 9.63. The Hall–Kier alpha value is -0.120. The number of hydrogen-bond donors (Lipinski definition) is 2. The van der Waals surface area contributed by atoms with Gasteiger partial charge in [0, 0.05) is 18.1 Å². The first-order valence-electron chi connectivity index (χ1n) is 8.26.